The van der Waals surface area contributed by atoms with Crippen molar-refractivity contribution in [1.29, 1.82) is 0 Å². The highest BCUT2D eigenvalue weighted by atomic mass is 16.5. The first-order valence-electron chi connectivity index (χ1n) is 3.99. The minimum Gasteiger partial charge on any atom is -0.357 e. The minimum atomic E-state index is -2.27. The average molecular weight is 174 g/mol. The van der Waals surface area contributed by atoms with Crippen LogP contribution in [-0.2, 0) is 4.79 Å². The fourth-order valence-corrected chi connectivity index (χ4v) is 1.37. The molecule has 0 aliphatic carbocycles. The van der Waals surface area contributed by atoms with Gasteiger partial charge in [0.05, 0.1) is 6.04 Å². The lowest BCUT2D eigenvalue weighted by molar-refractivity contribution is -0.194. The Morgan fingerprint density at radius 1 is 1.67 bits per heavy atom. The van der Waals surface area contributed by atoms with E-state index in [1.807, 2.05) is 0 Å². The Bertz CT molecular complexity index is 175. The van der Waals surface area contributed by atoms with Gasteiger partial charge in [0.25, 0.3) is 11.7 Å². The molecule has 1 saturated heterocycles. The molecule has 1 heterocycles. The van der Waals surface area contributed by atoms with E-state index in [2.05, 4.69) is 10.6 Å². The Labute approximate surface area is 70.8 Å². The number of carbonyl (C=O) groups is 1. The van der Waals surface area contributed by atoms with E-state index in [-0.39, 0.29) is 0 Å². The molecule has 0 aromatic heterocycles. The summed E-state index contributed by atoms with van der Waals surface area (Å²) >= 11 is 0. The van der Waals surface area contributed by atoms with Gasteiger partial charge >= 0.3 is 0 Å². The number of likely N-dealkylation sites (N-methyl/N-ethyl adjacent to an activating group) is 1. The quantitative estimate of drug-likeness (QED) is 0.371. The Morgan fingerprint density at radius 3 is 2.75 bits per heavy atom. The molecule has 12 heavy (non-hydrogen) atoms. The zero-order valence-corrected chi connectivity index (χ0v) is 7.00. The van der Waals surface area contributed by atoms with Crippen LogP contribution in [0, 0.1) is 0 Å². The molecule has 0 aromatic rings. The molecule has 70 valence electrons. The second-order valence-electron chi connectivity index (χ2n) is 2.95. The number of amides is 1. The van der Waals surface area contributed by atoms with Crippen molar-refractivity contribution in [2.45, 2.75) is 24.7 Å². The van der Waals surface area contributed by atoms with Gasteiger partial charge in [0.2, 0.25) is 0 Å². The molecule has 1 aliphatic heterocycles. The maximum absolute atomic E-state index is 11.0. The van der Waals surface area contributed by atoms with Gasteiger partial charge in [0, 0.05) is 7.05 Å². The molecule has 5 nitrogen and oxygen atoms in total. The van der Waals surface area contributed by atoms with E-state index in [0.29, 0.717) is 6.42 Å². The summed E-state index contributed by atoms with van der Waals surface area (Å²) in [5, 5.41) is 23.8. The maximum Gasteiger partial charge on any atom is 0.281 e. The van der Waals surface area contributed by atoms with Gasteiger partial charge in [-0.3, -0.25) is 4.79 Å². The third-order valence-corrected chi connectivity index (χ3v) is 2.11. The van der Waals surface area contributed by atoms with Gasteiger partial charge in [-0.2, -0.15) is 0 Å². The highest BCUT2D eigenvalue weighted by Crippen LogP contribution is 2.16. The highest BCUT2D eigenvalue weighted by molar-refractivity contribution is 5.83. The topological polar surface area (TPSA) is 81.6 Å². The summed E-state index contributed by atoms with van der Waals surface area (Å²) in [6.07, 6.45) is 1.48. The lowest BCUT2D eigenvalue weighted by atomic mass is 10.1. The van der Waals surface area contributed by atoms with Gasteiger partial charge in [-0.05, 0) is 19.4 Å². The van der Waals surface area contributed by atoms with E-state index < -0.39 is 17.7 Å². The molecule has 4 N–H and O–H groups in total. The van der Waals surface area contributed by atoms with Crippen LogP contribution in [0.1, 0.15) is 12.8 Å². The second-order valence-corrected chi connectivity index (χ2v) is 2.95. The third-order valence-electron chi connectivity index (χ3n) is 2.11. The maximum atomic E-state index is 11.0. The molecular formula is C7H14N2O3. The van der Waals surface area contributed by atoms with Crippen LogP contribution in [0.3, 0.4) is 0 Å². The van der Waals surface area contributed by atoms with E-state index >= 15 is 0 Å². The molecule has 0 saturated carbocycles. The van der Waals surface area contributed by atoms with Gasteiger partial charge in [0.1, 0.15) is 0 Å². The first kappa shape index (κ1) is 9.44. The summed E-state index contributed by atoms with van der Waals surface area (Å²) in [5.74, 6) is -3.03. The molecule has 1 rings (SSSR count). The van der Waals surface area contributed by atoms with Gasteiger partial charge < -0.3 is 20.8 Å². The summed E-state index contributed by atoms with van der Waals surface area (Å²) < 4.78 is 0. The van der Waals surface area contributed by atoms with Crippen molar-refractivity contribution in [1.82, 2.24) is 10.6 Å². The summed E-state index contributed by atoms with van der Waals surface area (Å²) in [4.78, 5) is 11.0. The van der Waals surface area contributed by atoms with E-state index in [0.717, 1.165) is 13.0 Å². The van der Waals surface area contributed by atoms with Gasteiger partial charge in [-0.15, -0.1) is 0 Å². The molecule has 1 aliphatic rings. The first-order chi connectivity index (χ1) is 5.59. The molecule has 1 unspecified atom stereocenters. The monoisotopic (exact) mass is 174 g/mol. The van der Waals surface area contributed by atoms with Crippen LogP contribution in [0.5, 0.6) is 0 Å². The number of carbonyl (C=O) groups excluding carboxylic acids is 1. The Morgan fingerprint density at radius 2 is 2.33 bits per heavy atom. The summed E-state index contributed by atoms with van der Waals surface area (Å²) in [6.45, 7) is 0.727. The Hall–Kier alpha value is -0.650. The van der Waals surface area contributed by atoms with Crippen LogP contribution in [0.15, 0.2) is 0 Å². The zero-order valence-electron chi connectivity index (χ0n) is 7.00. The molecule has 1 fully saturated rings. The molecule has 0 spiro atoms. The molecule has 0 aromatic carbocycles. The molecular weight excluding hydrogens is 160 g/mol. The van der Waals surface area contributed by atoms with E-state index in [9.17, 15) is 15.0 Å². The van der Waals surface area contributed by atoms with E-state index in [1.165, 1.54) is 7.05 Å². The summed E-state index contributed by atoms with van der Waals surface area (Å²) in [5.41, 5.74) is 0. The molecule has 5 heteroatoms. The standard InChI is InChI=1S/C7H14N2O3/c1-8-6(10)7(11,12)5-3-2-4-9-5/h5,9,11-12H,2-4H2,1H3,(H,8,10). The van der Waals surface area contributed by atoms with Crippen LogP contribution in [-0.4, -0.2) is 41.5 Å². The molecule has 0 bridgehead atoms. The van der Waals surface area contributed by atoms with Crippen molar-refractivity contribution in [3.8, 4) is 0 Å². The Balaban J connectivity index is 2.62. The lowest BCUT2D eigenvalue weighted by Crippen LogP contribution is -2.57. The lowest BCUT2D eigenvalue weighted by Gasteiger charge is -2.25. The predicted octanol–water partition coefficient (Wildman–Crippen LogP) is -1.83. The van der Waals surface area contributed by atoms with Gasteiger partial charge in [0.15, 0.2) is 0 Å². The largest absolute Gasteiger partial charge is 0.357 e. The minimum absolute atomic E-state index is 0.544. The van der Waals surface area contributed by atoms with Crippen LogP contribution in [0.25, 0.3) is 0 Å². The number of hydrogen-bond donors (Lipinski definition) is 4. The van der Waals surface area contributed by atoms with Gasteiger partial charge in [-0.1, -0.05) is 0 Å². The molecule has 1 atom stereocenters. The fraction of sp³-hybridized carbons (Fsp3) is 0.857. The SMILES string of the molecule is CNC(=O)C(O)(O)C1CCCN1. The third kappa shape index (κ3) is 1.57. The Kier molecular flexibility index (Phi) is 2.66. The van der Waals surface area contributed by atoms with Crippen molar-refractivity contribution < 1.29 is 15.0 Å². The van der Waals surface area contributed by atoms with Crippen molar-refractivity contribution in [2.75, 3.05) is 13.6 Å². The van der Waals surface area contributed by atoms with Gasteiger partial charge in [-0.25, -0.2) is 0 Å². The number of rotatable bonds is 2. The summed E-state index contributed by atoms with van der Waals surface area (Å²) in [6, 6.07) is -0.544. The fourth-order valence-electron chi connectivity index (χ4n) is 1.37. The average Bonchev–Trinajstić information content (AvgIpc) is 2.55. The van der Waals surface area contributed by atoms with Crippen LogP contribution in [0.2, 0.25) is 0 Å². The number of aliphatic hydroxyl groups is 2. The smallest absolute Gasteiger partial charge is 0.281 e. The van der Waals surface area contributed by atoms with E-state index in [1.54, 1.807) is 0 Å². The van der Waals surface area contributed by atoms with Crippen molar-refractivity contribution >= 4 is 5.91 Å². The normalized spacial score (nSPS) is 24.1. The van der Waals surface area contributed by atoms with Crippen LogP contribution in [0.4, 0.5) is 0 Å². The van der Waals surface area contributed by atoms with Crippen molar-refractivity contribution in [3.05, 3.63) is 0 Å². The molecule has 1 amide bonds. The highest BCUT2D eigenvalue weighted by Gasteiger charge is 2.42. The number of hydrogen-bond acceptors (Lipinski definition) is 4. The second kappa shape index (κ2) is 3.38. The van der Waals surface area contributed by atoms with Crippen LogP contribution < -0.4 is 10.6 Å². The zero-order chi connectivity index (χ0) is 9.19. The van der Waals surface area contributed by atoms with E-state index in [4.69, 9.17) is 0 Å². The summed E-state index contributed by atoms with van der Waals surface area (Å²) in [7, 11) is 1.37. The van der Waals surface area contributed by atoms with Crippen LogP contribution >= 0.6 is 0 Å². The first-order valence-corrected chi connectivity index (χ1v) is 3.99. The molecule has 0 radical (unpaired) electrons. The predicted molar refractivity (Wildman–Crippen MR) is 42.3 cm³/mol. The van der Waals surface area contributed by atoms with Crippen molar-refractivity contribution in [2.24, 2.45) is 0 Å². The van der Waals surface area contributed by atoms with Crippen molar-refractivity contribution in [3.63, 3.8) is 0 Å². The number of nitrogens with one attached hydrogen (secondary N) is 2.